The second kappa shape index (κ2) is 6.85. The van der Waals surface area contributed by atoms with Crippen LogP contribution in [0.25, 0.3) is 10.9 Å². The van der Waals surface area contributed by atoms with Gasteiger partial charge in [0.15, 0.2) is 0 Å². The van der Waals surface area contributed by atoms with E-state index < -0.39 is 6.10 Å². The highest BCUT2D eigenvalue weighted by Crippen LogP contribution is 2.23. The molecule has 3 rings (SSSR count). The first-order chi connectivity index (χ1) is 11.5. The molecule has 0 aliphatic carbocycles. The molecule has 124 valence electrons. The highest BCUT2D eigenvalue weighted by Gasteiger charge is 2.13. The summed E-state index contributed by atoms with van der Waals surface area (Å²) >= 11 is 11.7. The van der Waals surface area contributed by atoms with E-state index in [9.17, 15) is 9.90 Å². The highest BCUT2D eigenvalue weighted by molar-refractivity contribution is 6.42. The summed E-state index contributed by atoms with van der Waals surface area (Å²) in [4.78, 5) is 12.1. The number of nitrogens with zero attached hydrogens (tertiary/aromatic N) is 1. The number of aliphatic hydroxyl groups is 1. The molecular weight excluding hydrogens is 347 g/mol. The summed E-state index contributed by atoms with van der Waals surface area (Å²) < 4.78 is 2.01. The molecule has 1 amide bonds. The topological polar surface area (TPSA) is 54.3 Å². The molecule has 3 aromatic rings. The Labute approximate surface area is 149 Å². The quantitative estimate of drug-likeness (QED) is 0.738. The number of amides is 1. The molecule has 1 unspecified atom stereocenters. The van der Waals surface area contributed by atoms with Gasteiger partial charge in [-0.1, -0.05) is 29.3 Å². The lowest BCUT2D eigenvalue weighted by molar-refractivity contribution is 0.0916. The van der Waals surface area contributed by atoms with Crippen LogP contribution in [0.4, 0.5) is 0 Å². The lowest BCUT2D eigenvalue weighted by Crippen LogP contribution is -2.28. The minimum atomic E-state index is -0.790. The normalized spacial score (nSPS) is 12.3. The van der Waals surface area contributed by atoms with E-state index in [4.69, 9.17) is 23.2 Å². The van der Waals surface area contributed by atoms with E-state index in [1.807, 2.05) is 42.1 Å². The van der Waals surface area contributed by atoms with E-state index in [2.05, 4.69) is 5.32 Å². The Morgan fingerprint density at radius 3 is 2.71 bits per heavy atom. The van der Waals surface area contributed by atoms with E-state index in [1.165, 1.54) is 6.07 Å². The van der Waals surface area contributed by atoms with Crippen LogP contribution in [0.5, 0.6) is 0 Å². The zero-order chi connectivity index (χ0) is 17.3. The SMILES string of the molecule is Cn1ccc2cc(C(O)CNC(=O)c3ccc(Cl)c(Cl)c3)ccc21. The number of hydrogen-bond acceptors (Lipinski definition) is 2. The fourth-order valence-corrected chi connectivity index (χ4v) is 2.85. The number of fused-ring (bicyclic) bond motifs is 1. The molecule has 0 saturated carbocycles. The average Bonchev–Trinajstić information content (AvgIpc) is 2.95. The van der Waals surface area contributed by atoms with Crippen LogP contribution in [0.15, 0.2) is 48.7 Å². The summed E-state index contributed by atoms with van der Waals surface area (Å²) in [7, 11) is 1.97. The van der Waals surface area contributed by atoms with E-state index in [0.717, 1.165) is 16.5 Å². The van der Waals surface area contributed by atoms with Crippen LogP contribution in [-0.2, 0) is 7.05 Å². The predicted octanol–water partition coefficient (Wildman–Crippen LogP) is 3.95. The Kier molecular flexibility index (Phi) is 4.81. The van der Waals surface area contributed by atoms with E-state index in [-0.39, 0.29) is 12.5 Å². The molecular formula is C18H16Cl2N2O2. The average molecular weight is 363 g/mol. The highest BCUT2D eigenvalue weighted by atomic mass is 35.5. The smallest absolute Gasteiger partial charge is 0.251 e. The zero-order valence-corrected chi connectivity index (χ0v) is 14.5. The first-order valence-electron chi connectivity index (χ1n) is 7.42. The molecule has 2 aromatic carbocycles. The van der Waals surface area contributed by atoms with Crippen LogP contribution in [0.2, 0.25) is 10.0 Å². The number of carbonyl (C=O) groups is 1. The molecule has 0 bridgehead atoms. The van der Waals surface area contributed by atoms with Gasteiger partial charge in [-0.25, -0.2) is 0 Å². The van der Waals surface area contributed by atoms with Crippen LogP contribution < -0.4 is 5.32 Å². The molecule has 1 heterocycles. The molecule has 0 fully saturated rings. The fraction of sp³-hybridized carbons (Fsp3) is 0.167. The van der Waals surface area contributed by atoms with Gasteiger partial charge < -0.3 is 15.0 Å². The molecule has 2 N–H and O–H groups in total. The molecule has 6 heteroatoms. The summed E-state index contributed by atoms with van der Waals surface area (Å²) in [6, 6.07) is 12.4. The lowest BCUT2D eigenvalue weighted by Gasteiger charge is -2.13. The summed E-state index contributed by atoms with van der Waals surface area (Å²) in [6.07, 6.45) is 1.17. The maximum Gasteiger partial charge on any atom is 0.251 e. The number of rotatable bonds is 4. The van der Waals surface area contributed by atoms with Crippen molar-refractivity contribution in [2.24, 2.45) is 7.05 Å². The van der Waals surface area contributed by atoms with Gasteiger partial charge in [-0.15, -0.1) is 0 Å². The number of halogens is 2. The number of aryl methyl sites for hydroxylation is 1. The molecule has 24 heavy (non-hydrogen) atoms. The lowest BCUT2D eigenvalue weighted by atomic mass is 10.1. The van der Waals surface area contributed by atoms with Gasteiger partial charge in [0.05, 0.1) is 16.1 Å². The standard InChI is InChI=1S/C18H16Cl2N2O2/c1-22-7-6-11-8-12(3-5-16(11)22)17(23)10-21-18(24)13-2-4-14(19)15(20)9-13/h2-9,17,23H,10H2,1H3,(H,21,24). The van der Waals surface area contributed by atoms with E-state index in [0.29, 0.717) is 15.6 Å². The van der Waals surface area contributed by atoms with Gasteiger partial charge in [0.1, 0.15) is 0 Å². The number of aromatic nitrogens is 1. The van der Waals surface area contributed by atoms with E-state index >= 15 is 0 Å². The molecule has 1 aromatic heterocycles. The van der Waals surface area contributed by atoms with Crippen molar-refractivity contribution < 1.29 is 9.90 Å². The zero-order valence-electron chi connectivity index (χ0n) is 13.0. The second-order valence-corrected chi connectivity index (χ2v) is 6.41. The molecule has 1 atom stereocenters. The fourth-order valence-electron chi connectivity index (χ4n) is 2.55. The van der Waals surface area contributed by atoms with Crippen LogP contribution >= 0.6 is 23.2 Å². The van der Waals surface area contributed by atoms with Gasteiger partial charge in [-0.3, -0.25) is 4.79 Å². The van der Waals surface area contributed by atoms with Crippen molar-refractivity contribution in [1.82, 2.24) is 9.88 Å². The maximum atomic E-state index is 12.1. The molecule has 0 spiro atoms. The number of carbonyl (C=O) groups excluding carboxylic acids is 1. The largest absolute Gasteiger partial charge is 0.387 e. The molecule has 4 nitrogen and oxygen atoms in total. The first-order valence-corrected chi connectivity index (χ1v) is 8.17. The Morgan fingerprint density at radius 2 is 1.96 bits per heavy atom. The minimum absolute atomic E-state index is 0.109. The first kappa shape index (κ1) is 16.8. The van der Waals surface area contributed by atoms with Gasteiger partial charge in [-0.05, 0) is 47.3 Å². The minimum Gasteiger partial charge on any atom is -0.387 e. The van der Waals surface area contributed by atoms with Crippen LogP contribution in [0.3, 0.4) is 0 Å². The summed E-state index contributed by atoms with van der Waals surface area (Å²) in [5.41, 5.74) is 2.24. The summed E-state index contributed by atoms with van der Waals surface area (Å²) in [5, 5.41) is 14.8. The molecule has 0 aliphatic heterocycles. The Hall–Kier alpha value is -2.01. The van der Waals surface area contributed by atoms with Crippen molar-refractivity contribution in [3.8, 4) is 0 Å². The Bertz CT molecular complexity index is 905. The number of benzene rings is 2. The molecule has 0 radical (unpaired) electrons. The van der Waals surface area contributed by atoms with Gasteiger partial charge in [0, 0.05) is 30.9 Å². The van der Waals surface area contributed by atoms with Crippen molar-refractivity contribution in [3.63, 3.8) is 0 Å². The van der Waals surface area contributed by atoms with Crippen molar-refractivity contribution in [2.75, 3.05) is 6.54 Å². The maximum absolute atomic E-state index is 12.1. The monoisotopic (exact) mass is 362 g/mol. The predicted molar refractivity (Wildman–Crippen MR) is 96.7 cm³/mol. The third kappa shape index (κ3) is 3.41. The van der Waals surface area contributed by atoms with Gasteiger partial charge >= 0.3 is 0 Å². The van der Waals surface area contributed by atoms with Crippen molar-refractivity contribution in [1.29, 1.82) is 0 Å². The van der Waals surface area contributed by atoms with Crippen LogP contribution in [0.1, 0.15) is 22.0 Å². The summed E-state index contributed by atoms with van der Waals surface area (Å²) in [5.74, 6) is -0.312. The van der Waals surface area contributed by atoms with Crippen molar-refractivity contribution in [3.05, 3.63) is 69.8 Å². The number of aliphatic hydroxyl groups excluding tert-OH is 1. The third-order valence-electron chi connectivity index (χ3n) is 3.93. The van der Waals surface area contributed by atoms with Crippen molar-refractivity contribution >= 4 is 40.0 Å². The van der Waals surface area contributed by atoms with E-state index in [1.54, 1.807) is 12.1 Å². The summed E-state index contributed by atoms with van der Waals surface area (Å²) in [6.45, 7) is 0.109. The molecule has 0 aliphatic rings. The van der Waals surface area contributed by atoms with Crippen LogP contribution in [-0.4, -0.2) is 22.1 Å². The number of nitrogens with one attached hydrogen (secondary N) is 1. The Balaban J connectivity index is 1.68. The van der Waals surface area contributed by atoms with Crippen molar-refractivity contribution in [2.45, 2.75) is 6.10 Å². The third-order valence-corrected chi connectivity index (χ3v) is 4.67. The molecule has 0 saturated heterocycles. The van der Waals surface area contributed by atoms with Crippen LogP contribution in [0, 0.1) is 0 Å². The second-order valence-electron chi connectivity index (χ2n) is 5.60. The van der Waals surface area contributed by atoms with Gasteiger partial charge in [0.25, 0.3) is 5.91 Å². The number of hydrogen-bond donors (Lipinski definition) is 2. The Morgan fingerprint density at radius 1 is 1.17 bits per heavy atom. The van der Waals surface area contributed by atoms with Gasteiger partial charge in [-0.2, -0.15) is 0 Å². The van der Waals surface area contributed by atoms with Gasteiger partial charge in [0.2, 0.25) is 0 Å².